The van der Waals surface area contributed by atoms with E-state index in [2.05, 4.69) is 0 Å². The van der Waals surface area contributed by atoms with Crippen molar-refractivity contribution in [2.24, 2.45) is 5.92 Å². The summed E-state index contributed by atoms with van der Waals surface area (Å²) in [6.07, 6.45) is 0.508. The van der Waals surface area contributed by atoms with Crippen LogP contribution in [0.4, 0.5) is 4.39 Å². The van der Waals surface area contributed by atoms with Gasteiger partial charge in [0.05, 0.1) is 5.92 Å². The number of phenols is 1. The lowest BCUT2D eigenvalue weighted by Gasteiger charge is -2.20. The van der Waals surface area contributed by atoms with Gasteiger partial charge < -0.3 is 10.2 Å². The molecule has 0 fully saturated rings. The smallest absolute Gasteiger partial charge is 0.306 e. The lowest BCUT2D eigenvalue weighted by molar-refractivity contribution is -0.141. The van der Waals surface area contributed by atoms with Crippen LogP contribution in [0.1, 0.15) is 31.7 Å². The summed E-state index contributed by atoms with van der Waals surface area (Å²) >= 11 is 0. The van der Waals surface area contributed by atoms with Crippen LogP contribution >= 0.6 is 0 Å². The standard InChI is InChI=1S/C12H15FO3/c1-3-8(7(2)12(15)16)9-5-4-6-10(14)11(9)13/h4-8,14H,3H2,1-2H3,(H,15,16)/t7?,8-/m1/s1. The minimum Gasteiger partial charge on any atom is -0.505 e. The van der Waals surface area contributed by atoms with Gasteiger partial charge in [0, 0.05) is 0 Å². The molecule has 0 aliphatic heterocycles. The van der Waals surface area contributed by atoms with Crippen LogP contribution in [0.15, 0.2) is 18.2 Å². The molecule has 4 heteroatoms. The highest BCUT2D eigenvalue weighted by Gasteiger charge is 2.26. The highest BCUT2D eigenvalue weighted by molar-refractivity contribution is 5.71. The summed E-state index contributed by atoms with van der Waals surface area (Å²) in [7, 11) is 0. The van der Waals surface area contributed by atoms with Crippen molar-refractivity contribution < 1.29 is 19.4 Å². The van der Waals surface area contributed by atoms with Crippen LogP contribution in [-0.4, -0.2) is 16.2 Å². The molecule has 0 saturated carbocycles. The molecule has 1 unspecified atom stereocenters. The van der Waals surface area contributed by atoms with Crippen LogP contribution in [0, 0.1) is 11.7 Å². The first-order chi connectivity index (χ1) is 7.49. The first-order valence-electron chi connectivity index (χ1n) is 5.19. The number of aromatic hydroxyl groups is 1. The first kappa shape index (κ1) is 12.5. The molecule has 2 N–H and O–H groups in total. The fourth-order valence-electron chi connectivity index (χ4n) is 1.84. The number of rotatable bonds is 4. The molecule has 1 aromatic carbocycles. The quantitative estimate of drug-likeness (QED) is 0.829. The number of hydrogen-bond donors (Lipinski definition) is 2. The van der Waals surface area contributed by atoms with Gasteiger partial charge in [-0.05, 0) is 24.0 Å². The van der Waals surface area contributed by atoms with E-state index in [0.29, 0.717) is 6.42 Å². The minimum absolute atomic E-state index is 0.261. The Morgan fingerprint density at radius 3 is 2.62 bits per heavy atom. The average Bonchev–Trinajstić information content (AvgIpc) is 2.24. The summed E-state index contributed by atoms with van der Waals surface area (Å²) in [6, 6.07) is 4.28. The van der Waals surface area contributed by atoms with Crippen LogP contribution in [-0.2, 0) is 4.79 Å². The molecule has 0 amide bonds. The maximum Gasteiger partial charge on any atom is 0.306 e. The van der Waals surface area contributed by atoms with E-state index in [1.165, 1.54) is 18.2 Å². The van der Waals surface area contributed by atoms with Gasteiger partial charge in [0.15, 0.2) is 11.6 Å². The van der Waals surface area contributed by atoms with E-state index in [0.717, 1.165) is 0 Å². The molecule has 0 heterocycles. The zero-order valence-electron chi connectivity index (χ0n) is 9.27. The lowest BCUT2D eigenvalue weighted by Crippen LogP contribution is -2.19. The molecule has 0 aliphatic rings. The van der Waals surface area contributed by atoms with E-state index < -0.39 is 29.4 Å². The predicted molar refractivity (Wildman–Crippen MR) is 57.9 cm³/mol. The van der Waals surface area contributed by atoms with E-state index >= 15 is 0 Å². The molecule has 0 aromatic heterocycles. The maximum absolute atomic E-state index is 13.6. The monoisotopic (exact) mass is 226 g/mol. The van der Waals surface area contributed by atoms with E-state index in [4.69, 9.17) is 5.11 Å². The van der Waals surface area contributed by atoms with Gasteiger partial charge in [-0.1, -0.05) is 26.0 Å². The Balaban J connectivity index is 3.13. The number of carbonyl (C=O) groups is 1. The third-order valence-corrected chi connectivity index (χ3v) is 2.84. The largest absolute Gasteiger partial charge is 0.505 e. The second kappa shape index (κ2) is 4.96. The molecule has 1 aromatic rings. The van der Waals surface area contributed by atoms with Crippen molar-refractivity contribution in [1.29, 1.82) is 0 Å². The molecular formula is C12H15FO3. The molecule has 0 saturated heterocycles. The van der Waals surface area contributed by atoms with Gasteiger partial charge >= 0.3 is 5.97 Å². The molecule has 16 heavy (non-hydrogen) atoms. The first-order valence-corrected chi connectivity index (χ1v) is 5.19. The van der Waals surface area contributed by atoms with Crippen molar-refractivity contribution >= 4 is 5.97 Å². The summed E-state index contributed by atoms with van der Waals surface area (Å²) in [5.74, 6) is -3.23. The number of aliphatic carboxylic acids is 1. The molecule has 88 valence electrons. The number of hydrogen-bond acceptors (Lipinski definition) is 2. The molecule has 0 spiro atoms. The number of halogens is 1. The Hall–Kier alpha value is -1.58. The fourth-order valence-corrected chi connectivity index (χ4v) is 1.84. The van der Waals surface area contributed by atoms with E-state index in [9.17, 15) is 14.3 Å². The van der Waals surface area contributed by atoms with Gasteiger partial charge in [-0.2, -0.15) is 0 Å². The summed E-state index contributed by atoms with van der Waals surface area (Å²) in [6.45, 7) is 3.34. The molecule has 0 bridgehead atoms. The minimum atomic E-state index is -0.963. The highest BCUT2D eigenvalue weighted by atomic mass is 19.1. The Morgan fingerprint density at radius 1 is 1.50 bits per heavy atom. The van der Waals surface area contributed by atoms with Gasteiger partial charge in [0.25, 0.3) is 0 Å². The SMILES string of the molecule is CC[C@@H](c1cccc(O)c1F)C(C)C(=O)O. The zero-order chi connectivity index (χ0) is 12.3. The predicted octanol–water partition coefficient (Wildman–Crippen LogP) is 2.75. The summed E-state index contributed by atoms with van der Waals surface area (Å²) < 4.78 is 13.6. The fraction of sp³-hybridized carbons (Fsp3) is 0.417. The third-order valence-electron chi connectivity index (χ3n) is 2.84. The van der Waals surface area contributed by atoms with Crippen molar-refractivity contribution in [3.05, 3.63) is 29.6 Å². The van der Waals surface area contributed by atoms with E-state index in [1.54, 1.807) is 13.8 Å². The van der Waals surface area contributed by atoms with Crippen molar-refractivity contribution in [1.82, 2.24) is 0 Å². The lowest BCUT2D eigenvalue weighted by atomic mass is 9.85. The van der Waals surface area contributed by atoms with Crippen molar-refractivity contribution in [3.8, 4) is 5.75 Å². The molecule has 0 aliphatic carbocycles. The third kappa shape index (κ3) is 2.32. The van der Waals surface area contributed by atoms with Crippen LogP contribution in [0.3, 0.4) is 0 Å². The van der Waals surface area contributed by atoms with Crippen LogP contribution in [0.5, 0.6) is 5.75 Å². The number of carboxylic acids is 1. The van der Waals surface area contributed by atoms with Gasteiger partial charge in [0.2, 0.25) is 0 Å². The molecule has 0 radical (unpaired) electrons. The van der Waals surface area contributed by atoms with Gasteiger partial charge in [-0.3, -0.25) is 4.79 Å². The van der Waals surface area contributed by atoms with Gasteiger partial charge in [-0.25, -0.2) is 4.39 Å². The van der Waals surface area contributed by atoms with Crippen molar-refractivity contribution in [2.75, 3.05) is 0 Å². The number of benzene rings is 1. The van der Waals surface area contributed by atoms with Crippen LogP contribution in [0.25, 0.3) is 0 Å². The zero-order valence-corrected chi connectivity index (χ0v) is 9.27. The van der Waals surface area contributed by atoms with Crippen molar-refractivity contribution in [2.45, 2.75) is 26.2 Å². The Morgan fingerprint density at radius 2 is 2.12 bits per heavy atom. The van der Waals surface area contributed by atoms with Gasteiger partial charge in [-0.15, -0.1) is 0 Å². The average molecular weight is 226 g/mol. The van der Waals surface area contributed by atoms with Crippen LogP contribution < -0.4 is 0 Å². The molecule has 1 rings (SSSR count). The second-order valence-electron chi connectivity index (χ2n) is 3.82. The highest BCUT2D eigenvalue weighted by Crippen LogP contribution is 2.32. The normalized spacial score (nSPS) is 14.4. The van der Waals surface area contributed by atoms with E-state index in [1.807, 2.05) is 0 Å². The Kier molecular flexibility index (Phi) is 3.88. The number of phenolic OH excluding ortho intramolecular Hbond substituents is 1. The van der Waals surface area contributed by atoms with Crippen molar-refractivity contribution in [3.63, 3.8) is 0 Å². The molecule has 2 atom stereocenters. The van der Waals surface area contributed by atoms with Crippen LogP contribution in [0.2, 0.25) is 0 Å². The maximum atomic E-state index is 13.6. The molecule has 3 nitrogen and oxygen atoms in total. The summed E-state index contributed by atoms with van der Waals surface area (Å²) in [4.78, 5) is 10.9. The van der Waals surface area contributed by atoms with Gasteiger partial charge in [0.1, 0.15) is 0 Å². The summed E-state index contributed by atoms with van der Waals surface area (Å²) in [5.41, 5.74) is 0.261. The Labute approximate surface area is 93.5 Å². The Bertz CT molecular complexity index is 390. The topological polar surface area (TPSA) is 57.5 Å². The summed E-state index contributed by atoms with van der Waals surface area (Å²) in [5, 5.41) is 18.2. The molecular weight excluding hydrogens is 211 g/mol. The second-order valence-corrected chi connectivity index (χ2v) is 3.82. The number of carboxylic acid groups (broad SMARTS) is 1. The van der Waals surface area contributed by atoms with E-state index in [-0.39, 0.29) is 5.56 Å².